The third kappa shape index (κ3) is 6.61. The van der Waals surface area contributed by atoms with Crippen molar-refractivity contribution in [1.29, 1.82) is 0 Å². The molecule has 2 saturated heterocycles. The standard InChI is InChI=1S/C24H18FN5O5.C21H18N4O6/c1-34-16-4-3-13-11-29(22(32)20(13)21(16)25)12-24(10-19(31)28-23(24)33)17-9-14-15(35-17)5-6-18(27-14)30-8-2-7-26-30;1-29-12-4-3-11-9-25(18(26)13(11)7-12)10-21(19(27)23-20(28)24-21)16-8-14-15(31-16)5-6-22-17(14)30-2/h2-9H,10-12H2,1H3,(H,28,31,33);3-8H,9-10H2,1-2H3,(H2,23,24,27,28)/t24-;21-/m10/s1. The summed E-state index contributed by atoms with van der Waals surface area (Å²) in [4.78, 5) is 88.2. The molecule has 2 aromatic carbocycles. The van der Waals surface area contributed by atoms with E-state index in [4.69, 9.17) is 23.0 Å². The monoisotopic (exact) mass is 897 g/mol. The number of carbonyl (C=O) groups excluding carboxylic acids is 6. The predicted molar refractivity (Wildman–Crippen MR) is 225 cm³/mol. The molecule has 2 atom stereocenters. The summed E-state index contributed by atoms with van der Waals surface area (Å²) < 4.78 is 43.8. The maximum atomic E-state index is 14.8. The first kappa shape index (κ1) is 41.4. The number of aromatic nitrogens is 4. The second-order valence-corrected chi connectivity index (χ2v) is 15.9. The van der Waals surface area contributed by atoms with Crippen LogP contribution >= 0.6 is 0 Å². The summed E-state index contributed by atoms with van der Waals surface area (Å²) in [5.41, 5.74) is -0.0831. The Bertz CT molecular complexity index is 3200. The van der Waals surface area contributed by atoms with Gasteiger partial charge in [-0.15, -0.1) is 0 Å². The Kier molecular flexibility index (Phi) is 9.77. The second kappa shape index (κ2) is 15.6. The molecule has 3 N–H and O–H groups in total. The molecular formula is C45H36FN9O11. The van der Waals surface area contributed by atoms with Gasteiger partial charge in [-0.05, 0) is 53.6 Å². The number of pyridine rings is 2. The first-order valence-corrected chi connectivity index (χ1v) is 20.3. The third-order valence-electron chi connectivity index (χ3n) is 12.0. The molecule has 7 amide bonds. The van der Waals surface area contributed by atoms with Gasteiger partial charge in [-0.2, -0.15) is 5.10 Å². The van der Waals surface area contributed by atoms with Crippen molar-refractivity contribution in [2.24, 2.45) is 0 Å². The molecule has 21 heteroatoms. The molecule has 4 aliphatic heterocycles. The van der Waals surface area contributed by atoms with Gasteiger partial charge in [0.15, 0.2) is 28.5 Å². The van der Waals surface area contributed by atoms with Crippen molar-refractivity contribution >= 4 is 57.6 Å². The molecular weight excluding hydrogens is 862 g/mol. The average Bonchev–Trinajstić information content (AvgIpc) is 4.19. The molecule has 11 rings (SSSR count). The van der Waals surface area contributed by atoms with Crippen molar-refractivity contribution < 1.29 is 56.2 Å². The van der Waals surface area contributed by atoms with E-state index in [-0.39, 0.29) is 61.3 Å². The summed E-state index contributed by atoms with van der Waals surface area (Å²) in [6.45, 7) is 0.0794. The van der Waals surface area contributed by atoms with E-state index in [2.05, 4.69) is 31.0 Å². The lowest BCUT2D eigenvalue weighted by Crippen LogP contribution is -2.52. The number of nitrogens with one attached hydrogen (secondary N) is 3. The van der Waals surface area contributed by atoms with Crippen molar-refractivity contribution in [3.05, 3.63) is 125 Å². The molecule has 0 aliphatic carbocycles. The lowest BCUT2D eigenvalue weighted by molar-refractivity contribution is -0.127. The van der Waals surface area contributed by atoms with Crippen LogP contribution in [0.15, 0.2) is 94.2 Å². The van der Waals surface area contributed by atoms with Crippen LogP contribution in [0.4, 0.5) is 9.18 Å². The lowest BCUT2D eigenvalue weighted by atomic mass is 9.82. The minimum Gasteiger partial charge on any atom is -0.497 e. The molecule has 4 aliphatic rings. The number of methoxy groups -OCH3 is 3. The van der Waals surface area contributed by atoms with E-state index in [0.29, 0.717) is 50.6 Å². The topological polar surface area (TPSA) is 243 Å². The van der Waals surface area contributed by atoms with Crippen LogP contribution in [0.1, 0.15) is 49.8 Å². The average molecular weight is 898 g/mol. The van der Waals surface area contributed by atoms with Gasteiger partial charge >= 0.3 is 6.03 Å². The molecule has 66 heavy (non-hydrogen) atoms. The first-order chi connectivity index (χ1) is 31.8. The first-order valence-electron chi connectivity index (χ1n) is 20.3. The molecule has 20 nitrogen and oxygen atoms in total. The van der Waals surface area contributed by atoms with Gasteiger partial charge in [-0.1, -0.05) is 12.1 Å². The summed E-state index contributed by atoms with van der Waals surface area (Å²) in [6, 6.07) is 17.6. The zero-order valence-corrected chi connectivity index (χ0v) is 35.2. The molecule has 0 spiro atoms. The second-order valence-electron chi connectivity index (χ2n) is 15.9. The van der Waals surface area contributed by atoms with Gasteiger partial charge in [-0.3, -0.25) is 34.6 Å². The minimum absolute atomic E-state index is 0.0428. The van der Waals surface area contributed by atoms with Gasteiger partial charge < -0.3 is 38.2 Å². The highest BCUT2D eigenvalue weighted by Crippen LogP contribution is 2.41. The molecule has 5 aromatic heterocycles. The van der Waals surface area contributed by atoms with E-state index >= 15 is 0 Å². The third-order valence-corrected chi connectivity index (χ3v) is 12.0. The fourth-order valence-corrected chi connectivity index (χ4v) is 8.78. The smallest absolute Gasteiger partial charge is 0.322 e. The summed E-state index contributed by atoms with van der Waals surface area (Å²) in [6.07, 6.45) is 4.66. The van der Waals surface area contributed by atoms with E-state index in [9.17, 15) is 33.2 Å². The largest absolute Gasteiger partial charge is 0.497 e. The highest BCUT2D eigenvalue weighted by Gasteiger charge is 2.54. The van der Waals surface area contributed by atoms with Crippen LogP contribution in [-0.2, 0) is 38.4 Å². The van der Waals surface area contributed by atoms with Crippen molar-refractivity contribution in [2.45, 2.75) is 30.5 Å². The number of ether oxygens (including phenoxy) is 3. The number of benzene rings is 2. The van der Waals surface area contributed by atoms with Crippen LogP contribution < -0.4 is 30.2 Å². The molecule has 7 aromatic rings. The van der Waals surface area contributed by atoms with Gasteiger partial charge in [0.2, 0.25) is 17.7 Å². The zero-order valence-electron chi connectivity index (χ0n) is 35.2. The summed E-state index contributed by atoms with van der Waals surface area (Å²) >= 11 is 0. The van der Waals surface area contributed by atoms with Crippen molar-refractivity contribution in [1.82, 2.24) is 45.5 Å². The SMILES string of the molecule is COc1ccc2c(c1)C(=O)N(C[C@@]1(c3cc4c(OC)nccc4o3)NC(=O)NC1=O)C2.COc1ccc2c(c1F)C(=O)N(C[C@@]1(c3cc4nc(-n5cccn5)ccc4o3)CC(=O)NC1=O)C2. The number of rotatable bonds is 10. The Morgan fingerprint density at radius 3 is 2.27 bits per heavy atom. The van der Waals surface area contributed by atoms with E-state index in [0.717, 1.165) is 5.56 Å². The van der Waals surface area contributed by atoms with Crippen molar-refractivity contribution in [2.75, 3.05) is 34.4 Å². The van der Waals surface area contributed by atoms with Crippen LogP contribution in [0.2, 0.25) is 0 Å². The van der Waals surface area contributed by atoms with Crippen LogP contribution in [0.5, 0.6) is 17.4 Å². The lowest BCUT2D eigenvalue weighted by Gasteiger charge is -2.29. The summed E-state index contributed by atoms with van der Waals surface area (Å²) in [5.74, 6) is -1.52. The van der Waals surface area contributed by atoms with E-state index in [1.54, 1.807) is 71.7 Å². The maximum Gasteiger partial charge on any atom is 0.322 e. The molecule has 0 saturated carbocycles. The Balaban J connectivity index is 0.000000156. The fourth-order valence-electron chi connectivity index (χ4n) is 8.78. The Morgan fingerprint density at radius 1 is 0.773 bits per heavy atom. The molecule has 0 bridgehead atoms. The maximum absolute atomic E-state index is 14.8. The van der Waals surface area contributed by atoms with Crippen LogP contribution in [0, 0.1) is 5.82 Å². The number of nitrogens with zero attached hydrogens (tertiary/aromatic N) is 6. The molecule has 334 valence electrons. The number of hydrogen-bond donors (Lipinski definition) is 3. The van der Waals surface area contributed by atoms with Crippen LogP contribution in [-0.4, -0.2) is 99.5 Å². The Morgan fingerprint density at radius 2 is 1.56 bits per heavy atom. The van der Waals surface area contributed by atoms with Gasteiger partial charge in [0.25, 0.3) is 17.7 Å². The number of halogens is 1. The number of furan rings is 2. The summed E-state index contributed by atoms with van der Waals surface area (Å²) in [7, 11) is 4.32. The van der Waals surface area contributed by atoms with E-state index < -0.39 is 46.4 Å². The highest BCUT2D eigenvalue weighted by molar-refractivity contribution is 6.10. The number of imide groups is 2. The zero-order chi connectivity index (χ0) is 46.1. The number of fused-ring (bicyclic) bond motifs is 4. The number of amides is 7. The van der Waals surface area contributed by atoms with Gasteiger partial charge in [0.1, 0.15) is 33.8 Å². The number of hydrogen-bond acceptors (Lipinski definition) is 14. The number of carbonyl (C=O) groups is 6. The molecule has 0 radical (unpaired) electrons. The fraction of sp³-hybridized carbons (Fsp3) is 0.222. The molecule has 2 fully saturated rings. The normalized spacial score (nSPS) is 19.8. The van der Waals surface area contributed by atoms with E-state index in [1.807, 2.05) is 6.07 Å². The Labute approximate surface area is 371 Å². The molecule has 9 heterocycles. The van der Waals surface area contributed by atoms with Gasteiger partial charge in [-0.25, -0.2) is 23.8 Å². The Hall–Kier alpha value is -8.62. The van der Waals surface area contributed by atoms with Gasteiger partial charge in [0, 0.05) is 55.9 Å². The van der Waals surface area contributed by atoms with E-state index in [1.165, 1.54) is 43.4 Å². The van der Waals surface area contributed by atoms with Crippen molar-refractivity contribution in [3.63, 3.8) is 0 Å². The van der Waals surface area contributed by atoms with Crippen LogP contribution in [0.25, 0.3) is 27.9 Å². The van der Waals surface area contributed by atoms with Crippen molar-refractivity contribution in [3.8, 4) is 23.2 Å². The van der Waals surface area contributed by atoms with Crippen LogP contribution in [0.3, 0.4) is 0 Å². The van der Waals surface area contributed by atoms with Gasteiger partial charge in [0.05, 0.1) is 45.2 Å². The number of urea groups is 1. The quantitative estimate of drug-likeness (QED) is 0.131. The highest BCUT2D eigenvalue weighted by atomic mass is 19.1. The summed E-state index contributed by atoms with van der Waals surface area (Å²) in [5, 5.41) is 11.9. The predicted octanol–water partition coefficient (Wildman–Crippen LogP) is 3.64. The molecule has 0 unspecified atom stereocenters. The minimum atomic E-state index is -1.59.